The van der Waals surface area contributed by atoms with E-state index in [1.54, 1.807) is 0 Å². The van der Waals surface area contributed by atoms with Crippen molar-refractivity contribution in [3.8, 4) is 0 Å². The number of hydrogen-bond donors (Lipinski definition) is 1. The van der Waals surface area contributed by atoms with Crippen molar-refractivity contribution < 1.29 is 0 Å². The molecule has 0 aromatic heterocycles. The van der Waals surface area contributed by atoms with Crippen LogP contribution < -0.4 is 10.6 Å². The largest absolute Gasteiger partial charge is 0.397 e. The number of anilines is 2. The molecule has 1 aromatic rings. The molecule has 1 atom stereocenters. The first-order valence-electron chi connectivity index (χ1n) is 5.89. The number of nitrogen functional groups attached to an aromatic ring is 1. The van der Waals surface area contributed by atoms with Gasteiger partial charge in [0.2, 0.25) is 0 Å². The van der Waals surface area contributed by atoms with Gasteiger partial charge in [0.1, 0.15) is 0 Å². The molecule has 1 aliphatic rings. The summed E-state index contributed by atoms with van der Waals surface area (Å²) in [5, 5.41) is 0.707. The Kier molecular flexibility index (Phi) is 3.02. The first-order valence-corrected chi connectivity index (χ1v) is 6.27. The van der Waals surface area contributed by atoms with E-state index in [0.29, 0.717) is 5.02 Å². The molecule has 16 heavy (non-hydrogen) atoms. The Morgan fingerprint density at radius 3 is 2.88 bits per heavy atom. The van der Waals surface area contributed by atoms with Gasteiger partial charge in [-0.2, -0.15) is 0 Å². The van der Waals surface area contributed by atoms with Crippen LogP contribution in [-0.2, 0) is 0 Å². The van der Waals surface area contributed by atoms with Gasteiger partial charge in [-0.3, -0.25) is 0 Å². The first kappa shape index (κ1) is 11.6. The minimum Gasteiger partial charge on any atom is -0.397 e. The highest BCUT2D eigenvalue weighted by atomic mass is 35.5. The predicted octanol–water partition coefficient (Wildman–Crippen LogP) is 3.69. The van der Waals surface area contributed by atoms with Crippen molar-refractivity contribution in [3.63, 3.8) is 0 Å². The van der Waals surface area contributed by atoms with Crippen LogP contribution in [0.2, 0.25) is 5.02 Å². The molecule has 88 valence electrons. The fraction of sp³-hybridized carbons (Fsp3) is 0.538. The van der Waals surface area contributed by atoms with Crippen molar-refractivity contribution in [1.29, 1.82) is 0 Å². The summed E-state index contributed by atoms with van der Waals surface area (Å²) in [5.74, 6) is 0. The molecule has 0 amide bonds. The van der Waals surface area contributed by atoms with Crippen LogP contribution in [-0.4, -0.2) is 12.1 Å². The SMILES string of the molecule is CCC1(C)CCCN1c1ccc(Cl)cc1N. The summed E-state index contributed by atoms with van der Waals surface area (Å²) in [7, 11) is 0. The molecule has 3 heteroatoms. The Hall–Kier alpha value is -0.890. The Balaban J connectivity index is 2.37. The molecule has 1 saturated heterocycles. The highest BCUT2D eigenvalue weighted by Gasteiger charge is 2.35. The second-order valence-corrected chi connectivity index (χ2v) is 5.25. The first-order chi connectivity index (χ1) is 7.57. The van der Waals surface area contributed by atoms with Crippen molar-refractivity contribution in [2.45, 2.75) is 38.6 Å². The van der Waals surface area contributed by atoms with E-state index in [9.17, 15) is 0 Å². The monoisotopic (exact) mass is 238 g/mol. The van der Waals surface area contributed by atoms with Crippen molar-refractivity contribution in [2.24, 2.45) is 0 Å². The van der Waals surface area contributed by atoms with E-state index in [1.807, 2.05) is 18.2 Å². The highest BCUT2D eigenvalue weighted by Crippen LogP contribution is 2.39. The molecule has 1 fully saturated rings. The molecule has 2 rings (SSSR count). The molecule has 1 aromatic carbocycles. The van der Waals surface area contributed by atoms with Crippen LogP contribution in [0.4, 0.5) is 11.4 Å². The zero-order valence-corrected chi connectivity index (χ0v) is 10.7. The summed E-state index contributed by atoms with van der Waals surface area (Å²) in [6, 6.07) is 5.80. The third-order valence-electron chi connectivity index (χ3n) is 3.79. The Labute approximate surface area is 102 Å². The fourth-order valence-corrected chi connectivity index (χ4v) is 2.75. The van der Waals surface area contributed by atoms with Crippen LogP contribution in [0.1, 0.15) is 33.1 Å². The van der Waals surface area contributed by atoms with Crippen LogP contribution in [0.25, 0.3) is 0 Å². The van der Waals surface area contributed by atoms with E-state index in [0.717, 1.165) is 24.3 Å². The molecule has 2 nitrogen and oxygen atoms in total. The lowest BCUT2D eigenvalue weighted by Gasteiger charge is -2.37. The lowest BCUT2D eigenvalue weighted by molar-refractivity contribution is 0.452. The van der Waals surface area contributed by atoms with Gasteiger partial charge in [-0.25, -0.2) is 0 Å². The van der Waals surface area contributed by atoms with E-state index in [4.69, 9.17) is 17.3 Å². The van der Waals surface area contributed by atoms with Gasteiger partial charge in [-0.05, 0) is 44.4 Å². The number of halogens is 1. The van der Waals surface area contributed by atoms with Crippen LogP contribution in [0.5, 0.6) is 0 Å². The average Bonchev–Trinajstić information content (AvgIpc) is 2.62. The minimum absolute atomic E-state index is 0.252. The Bertz CT molecular complexity index is 392. The second-order valence-electron chi connectivity index (χ2n) is 4.81. The number of benzene rings is 1. The van der Waals surface area contributed by atoms with E-state index in [1.165, 1.54) is 12.8 Å². The molecule has 0 bridgehead atoms. The molecule has 1 heterocycles. The molecule has 1 aliphatic heterocycles. The molecular weight excluding hydrogens is 220 g/mol. The molecule has 0 spiro atoms. The smallest absolute Gasteiger partial charge is 0.0605 e. The maximum Gasteiger partial charge on any atom is 0.0605 e. The van der Waals surface area contributed by atoms with Gasteiger partial charge in [0.15, 0.2) is 0 Å². The maximum atomic E-state index is 6.05. The third-order valence-corrected chi connectivity index (χ3v) is 4.03. The average molecular weight is 239 g/mol. The Morgan fingerprint density at radius 1 is 1.50 bits per heavy atom. The fourth-order valence-electron chi connectivity index (χ4n) is 2.57. The van der Waals surface area contributed by atoms with Crippen molar-refractivity contribution in [3.05, 3.63) is 23.2 Å². The van der Waals surface area contributed by atoms with E-state index < -0.39 is 0 Å². The number of nitrogens with two attached hydrogens (primary N) is 1. The van der Waals surface area contributed by atoms with Gasteiger partial charge in [-0.15, -0.1) is 0 Å². The van der Waals surface area contributed by atoms with Gasteiger partial charge in [-0.1, -0.05) is 18.5 Å². The number of rotatable bonds is 2. The predicted molar refractivity (Wildman–Crippen MR) is 71.1 cm³/mol. The quantitative estimate of drug-likeness (QED) is 0.797. The summed E-state index contributed by atoms with van der Waals surface area (Å²) in [6.07, 6.45) is 3.63. The van der Waals surface area contributed by atoms with Crippen LogP contribution in [0.3, 0.4) is 0 Å². The van der Waals surface area contributed by atoms with E-state index >= 15 is 0 Å². The zero-order chi connectivity index (χ0) is 11.8. The van der Waals surface area contributed by atoms with E-state index in [2.05, 4.69) is 18.7 Å². The standard InChI is InChI=1S/C13H19ClN2/c1-3-13(2)7-4-8-16(13)12-6-5-10(14)9-11(12)15/h5-6,9H,3-4,7-8,15H2,1-2H3. The summed E-state index contributed by atoms with van der Waals surface area (Å²) in [4.78, 5) is 2.43. The molecule has 0 saturated carbocycles. The van der Waals surface area contributed by atoms with Crippen LogP contribution >= 0.6 is 11.6 Å². The molecule has 2 N–H and O–H groups in total. The maximum absolute atomic E-state index is 6.05. The summed E-state index contributed by atoms with van der Waals surface area (Å²) in [6.45, 7) is 5.65. The van der Waals surface area contributed by atoms with Gasteiger partial charge in [0.05, 0.1) is 11.4 Å². The lowest BCUT2D eigenvalue weighted by atomic mass is 9.95. The third kappa shape index (κ3) is 1.86. The summed E-state index contributed by atoms with van der Waals surface area (Å²) in [5.41, 5.74) is 8.22. The molecule has 0 radical (unpaired) electrons. The molecule has 1 unspecified atom stereocenters. The van der Waals surface area contributed by atoms with Gasteiger partial charge in [0, 0.05) is 17.1 Å². The van der Waals surface area contributed by atoms with Crippen LogP contribution in [0.15, 0.2) is 18.2 Å². The van der Waals surface area contributed by atoms with Gasteiger partial charge >= 0.3 is 0 Å². The highest BCUT2D eigenvalue weighted by molar-refractivity contribution is 6.31. The van der Waals surface area contributed by atoms with Gasteiger partial charge < -0.3 is 10.6 Å². The second kappa shape index (κ2) is 4.17. The van der Waals surface area contributed by atoms with Crippen molar-refractivity contribution in [1.82, 2.24) is 0 Å². The summed E-state index contributed by atoms with van der Waals surface area (Å²) < 4.78 is 0. The molecule has 0 aliphatic carbocycles. The Morgan fingerprint density at radius 2 is 2.25 bits per heavy atom. The van der Waals surface area contributed by atoms with Crippen molar-refractivity contribution >= 4 is 23.0 Å². The summed E-state index contributed by atoms with van der Waals surface area (Å²) >= 11 is 5.93. The van der Waals surface area contributed by atoms with Crippen molar-refractivity contribution in [2.75, 3.05) is 17.2 Å². The van der Waals surface area contributed by atoms with E-state index in [-0.39, 0.29) is 5.54 Å². The minimum atomic E-state index is 0.252. The number of nitrogens with zero attached hydrogens (tertiary/aromatic N) is 1. The topological polar surface area (TPSA) is 29.3 Å². The van der Waals surface area contributed by atoms with Gasteiger partial charge in [0.25, 0.3) is 0 Å². The molecular formula is C13H19ClN2. The van der Waals surface area contributed by atoms with Crippen LogP contribution in [0, 0.1) is 0 Å². The number of hydrogen-bond acceptors (Lipinski definition) is 2. The lowest BCUT2D eigenvalue weighted by Crippen LogP contribution is -2.40. The zero-order valence-electron chi connectivity index (χ0n) is 9.96. The normalized spacial score (nSPS) is 25.1.